The number of nitrogens with zero attached hydrogens (tertiary/aromatic N) is 2. The van der Waals surface area contributed by atoms with Crippen LogP contribution in [0.5, 0.6) is 0 Å². The van der Waals surface area contributed by atoms with Gasteiger partial charge in [0.05, 0.1) is 11.2 Å². The lowest BCUT2D eigenvalue weighted by Gasteiger charge is -2.59. The van der Waals surface area contributed by atoms with Crippen LogP contribution in [0.4, 0.5) is 5.69 Å². The molecule has 0 radical (unpaired) electrons. The Kier molecular flexibility index (Phi) is 4.73. The van der Waals surface area contributed by atoms with Crippen molar-refractivity contribution < 1.29 is 4.79 Å². The summed E-state index contributed by atoms with van der Waals surface area (Å²) in [6.07, 6.45) is 11.1. The van der Waals surface area contributed by atoms with E-state index in [9.17, 15) is 10.1 Å². The van der Waals surface area contributed by atoms with Gasteiger partial charge < -0.3 is 10.6 Å². The number of nitrogens with one attached hydrogen (secondary N) is 2. The third-order valence-corrected chi connectivity index (χ3v) is 7.72. The Morgan fingerprint density at radius 2 is 1.83 bits per heavy atom. The van der Waals surface area contributed by atoms with Gasteiger partial charge in [-0.2, -0.15) is 5.26 Å². The normalized spacial score (nSPS) is 30.7. The van der Waals surface area contributed by atoms with Crippen LogP contribution < -0.4 is 10.6 Å². The number of carbonyl (C=O) groups is 1. The summed E-state index contributed by atoms with van der Waals surface area (Å²) in [7, 11) is 0. The summed E-state index contributed by atoms with van der Waals surface area (Å²) < 4.78 is 0. The van der Waals surface area contributed by atoms with Gasteiger partial charge in [0.1, 0.15) is 11.6 Å². The molecule has 2 N–H and O–H groups in total. The second-order valence-electron chi connectivity index (χ2n) is 9.67. The summed E-state index contributed by atoms with van der Waals surface area (Å²) in [4.78, 5) is 17.3. The number of hydrogen-bond acceptors (Lipinski definition) is 4. The molecule has 1 atom stereocenters. The number of fused-ring (bicyclic) bond motifs is 1. The lowest BCUT2D eigenvalue weighted by Crippen LogP contribution is -2.56. The number of hydrogen-bond donors (Lipinski definition) is 2. The van der Waals surface area contributed by atoms with Crippen molar-refractivity contribution in [2.45, 2.75) is 51.5 Å². The predicted octanol–water partition coefficient (Wildman–Crippen LogP) is 4.78. The molecule has 4 aliphatic rings. The first-order valence-electron chi connectivity index (χ1n) is 11.1. The highest BCUT2D eigenvalue weighted by Crippen LogP contribution is 2.61. The van der Waals surface area contributed by atoms with Crippen LogP contribution in [-0.2, 0) is 4.79 Å². The van der Waals surface area contributed by atoms with E-state index in [1.807, 2.05) is 30.3 Å². The zero-order valence-electron chi connectivity index (χ0n) is 17.4. The Labute approximate surface area is 177 Å². The van der Waals surface area contributed by atoms with Gasteiger partial charge in [-0.15, -0.1) is 0 Å². The first kappa shape index (κ1) is 19.1. The molecule has 4 saturated carbocycles. The Morgan fingerprint density at radius 1 is 1.17 bits per heavy atom. The fourth-order valence-corrected chi connectivity index (χ4v) is 6.65. The molecule has 5 nitrogen and oxygen atoms in total. The molecular formula is C25H28N4O. The van der Waals surface area contributed by atoms with Crippen LogP contribution in [0.3, 0.4) is 0 Å². The molecular weight excluding hydrogens is 372 g/mol. The van der Waals surface area contributed by atoms with Gasteiger partial charge in [-0.1, -0.05) is 18.2 Å². The summed E-state index contributed by atoms with van der Waals surface area (Å²) in [5.74, 6) is 2.22. The molecule has 1 heterocycles. The van der Waals surface area contributed by atoms with Crippen molar-refractivity contribution in [1.82, 2.24) is 10.3 Å². The highest BCUT2D eigenvalue weighted by atomic mass is 16.1. The molecule has 1 aromatic heterocycles. The number of aromatic nitrogens is 1. The van der Waals surface area contributed by atoms with Crippen molar-refractivity contribution in [1.29, 1.82) is 5.26 Å². The predicted molar refractivity (Wildman–Crippen MR) is 117 cm³/mol. The number of anilines is 1. The second kappa shape index (κ2) is 7.43. The molecule has 0 spiro atoms. The summed E-state index contributed by atoms with van der Waals surface area (Å²) in [6.45, 7) is 2.14. The Morgan fingerprint density at radius 3 is 2.50 bits per heavy atom. The van der Waals surface area contributed by atoms with E-state index >= 15 is 0 Å². The fourth-order valence-electron chi connectivity index (χ4n) is 6.65. The number of pyridine rings is 1. The van der Waals surface area contributed by atoms with Gasteiger partial charge in [-0.25, -0.2) is 0 Å². The van der Waals surface area contributed by atoms with Gasteiger partial charge in [0, 0.05) is 23.8 Å². The lowest BCUT2D eigenvalue weighted by molar-refractivity contribution is -0.122. The smallest absolute Gasteiger partial charge is 0.263 e. The average molecular weight is 401 g/mol. The molecule has 5 heteroatoms. The van der Waals surface area contributed by atoms with E-state index in [1.54, 1.807) is 6.20 Å². The molecule has 30 heavy (non-hydrogen) atoms. The summed E-state index contributed by atoms with van der Waals surface area (Å²) >= 11 is 0. The van der Waals surface area contributed by atoms with Gasteiger partial charge >= 0.3 is 0 Å². The third-order valence-electron chi connectivity index (χ3n) is 7.72. The molecule has 0 saturated heterocycles. The minimum atomic E-state index is -0.290. The van der Waals surface area contributed by atoms with Crippen LogP contribution in [0.15, 0.2) is 48.3 Å². The summed E-state index contributed by atoms with van der Waals surface area (Å²) in [5.41, 5.74) is 1.91. The number of nitriles is 1. The van der Waals surface area contributed by atoms with Crippen molar-refractivity contribution in [3.8, 4) is 6.07 Å². The number of benzene rings is 1. The topological polar surface area (TPSA) is 77.8 Å². The fraction of sp³-hybridized carbons (Fsp3) is 0.480. The van der Waals surface area contributed by atoms with Crippen LogP contribution in [-0.4, -0.2) is 16.9 Å². The van der Waals surface area contributed by atoms with Gasteiger partial charge in [0.2, 0.25) is 0 Å². The van der Waals surface area contributed by atoms with Crippen LogP contribution in [0.25, 0.3) is 10.9 Å². The van der Waals surface area contributed by atoms with E-state index < -0.39 is 0 Å². The Hall–Kier alpha value is -2.87. The lowest BCUT2D eigenvalue weighted by atomic mass is 9.48. The maximum absolute atomic E-state index is 12.9. The van der Waals surface area contributed by atoms with Crippen LogP contribution in [0.2, 0.25) is 0 Å². The van der Waals surface area contributed by atoms with Gasteiger partial charge in [-0.3, -0.25) is 9.78 Å². The molecule has 0 aliphatic heterocycles. The first-order valence-corrected chi connectivity index (χ1v) is 11.1. The standard InChI is InChI=1S/C25H28N4O/c1-16(25-11-17-8-18(12-25)10-19(9-17)13-25)29-24(30)21(14-26)15-28-22-6-2-4-20-5-3-7-27-23(20)22/h2-7,15-19,28H,8-13H2,1H3,(H,29,30)/b21-15-. The van der Waals surface area contributed by atoms with Crippen molar-refractivity contribution in [3.05, 3.63) is 48.3 Å². The Balaban J connectivity index is 1.30. The minimum Gasteiger partial charge on any atom is -0.358 e. The van der Waals surface area contributed by atoms with Crippen molar-refractivity contribution >= 4 is 22.5 Å². The van der Waals surface area contributed by atoms with Crippen LogP contribution >= 0.6 is 0 Å². The number of carbonyl (C=O) groups excluding carboxylic acids is 1. The number of amides is 1. The van der Waals surface area contributed by atoms with Crippen LogP contribution in [0, 0.1) is 34.5 Å². The van der Waals surface area contributed by atoms with Crippen molar-refractivity contribution in [2.75, 3.05) is 5.32 Å². The maximum atomic E-state index is 12.9. The van der Waals surface area contributed by atoms with E-state index in [-0.39, 0.29) is 22.9 Å². The van der Waals surface area contributed by atoms with Gasteiger partial charge in [-0.05, 0) is 80.8 Å². The van der Waals surface area contributed by atoms with E-state index in [1.165, 1.54) is 44.7 Å². The van der Waals surface area contributed by atoms with E-state index in [4.69, 9.17) is 0 Å². The zero-order valence-corrected chi connectivity index (χ0v) is 17.4. The van der Waals surface area contributed by atoms with E-state index in [2.05, 4.69) is 28.6 Å². The zero-order chi connectivity index (χ0) is 20.7. The molecule has 1 aromatic carbocycles. The summed E-state index contributed by atoms with van der Waals surface area (Å²) in [5, 5.41) is 16.9. The molecule has 4 aliphatic carbocycles. The largest absolute Gasteiger partial charge is 0.358 e. The molecule has 1 unspecified atom stereocenters. The summed E-state index contributed by atoms with van der Waals surface area (Å²) in [6, 6.07) is 11.9. The monoisotopic (exact) mass is 400 g/mol. The third kappa shape index (κ3) is 3.35. The highest BCUT2D eigenvalue weighted by Gasteiger charge is 2.53. The van der Waals surface area contributed by atoms with Crippen molar-refractivity contribution in [2.24, 2.45) is 23.2 Å². The average Bonchev–Trinajstić information content (AvgIpc) is 2.73. The highest BCUT2D eigenvalue weighted by molar-refractivity contribution is 5.98. The maximum Gasteiger partial charge on any atom is 0.263 e. The van der Waals surface area contributed by atoms with Crippen LogP contribution in [0.1, 0.15) is 45.4 Å². The quantitative estimate of drug-likeness (QED) is 0.559. The molecule has 4 bridgehead atoms. The second-order valence-corrected chi connectivity index (χ2v) is 9.67. The molecule has 2 aromatic rings. The molecule has 154 valence electrons. The number of rotatable bonds is 5. The van der Waals surface area contributed by atoms with Crippen molar-refractivity contribution in [3.63, 3.8) is 0 Å². The van der Waals surface area contributed by atoms with Gasteiger partial charge in [0.25, 0.3) is 5.91 Å². The molecule has 6 rings (SSSR count). The van der Waals surface area contributed by atoms with E-state index in [0.29, 0.717) is 0 Å². The van der Waals surface area contributed by atoms with Gasteiger partial charge in [0.15, 0.2) is 0 Å². The minimum absolute atomic E-state index is 0.0920. The molecule has 1 amide bonds. The number of para-hydroxylation sites is 1. The Bertz CT molecular complexity index is 1010. The molecule has 4 fully saturated rings. The SMILES string of the molecule is CC(NC(=O)/C(C#N)=C\Nc1cccc2cccnc12)C12CC3CC(CC(C3)C1)C2. The van der Waals surface area contributed by atoms with E-state index in [0.717, 1.165) is 34.3 Å². The first-order chi connectivity index (χ1) is 14.6.